The Hall–Kier alpha value is -0.840. The van der Waals surface area contributed by atoms with Crippen LogP contribution in [0.1, 0.15) is 12.0 Å². The van der Waals surface area contributed by atoms with Crippen molar-refractivity contribution in [2.75, 3.05) is 33.5 Å². The fraction of sp³-hybridized carbons (Fsp3) is 0.636. The third-order valence-corrected chi connectivity index (χ3v) is 1.98. The molecule has 0 unspecified atom stereocenters. The lowest BCUT2D eigenvalue weighted by Crippen LogP contribution is -2.16. The van der Waals surface area contributed by atoms with Crippen LogP contribution in [0.2, 0.25) is 0 Å². The molecule has 0 aromatic carbocycles. The molecular weight excluding hydrogens is 194 g/mol. The van der Waals surface area contributed by atoms with Crippen molar-refractivity contribution in [3.63, 3.8) is 0 Å². The lowest BCUT2D eigenvalue weighted by atomic mass is 10.3. The number of furan rings is 1. The zero-order chi connectivity index (χ0) is 10.8. The van der Waals surface area contributed by atoms with Crippen LogP contribution in [0.5, 0.6) is 0 Å². The van der Waals surface area contributed by atoms with Gasteiger partial charge in [0.1, 0.15) is 0 Å². The lowest BCUT2D eigenvalue weighted by molar-refractivity contribution is 0.0695. The van der Waals surface area contributed by atoms with Gasteiger partial charge in [-0.25, -0.2) is 0 Å². The Morgan fingerprint density at radius 1 is 1.33 bits per heavy atom. The molecule has 4 nitrogen and oxygen atoms in total. The molecule has 0 amide bonds. The third-order valence-electron chi connectivity index (χ3n) is 1.98. The highest BCUT2D eigenvalue weighted by molar-refractivity contribution is 5.04. The number of hydrogen-bond acceptors (Lipinski definition) is 4. The number of methoxy groups -OCH3 is 1. The third kappa shape index (κ3) is 6.28. The molecule has 0 aliphatic rings. The van der Waals surface area contributed by atoms with E-state index in [-0.39, 0.29) is 0 Å². The summed E-state index contributed by atoms with van der Waals surface area (Å²) in [6.45, 7) is 3.94. The molecule has 0 fully saturated rings. The van der Waals surface area contributed by atoms with Crippen LogP contribution in [0.3, 0.4) is 0 Å². The molecule has 0 spiro atoms. The van der Waals surface area contributed by atoms with Crippen molar-refractivity contribution in [1.82, 2.24) is 5.32 Å². The van der Waals surface area contributed by atoms with Crippen molar-refractivity contribution < 1.29 is 13.9 Å². The van der Waals surface area contributed by atoms with Gasteiger partial charge < -0.3 is 19.2 Å². The van der Waals surface area contributed by atoms with Crippen molar-refractivity contribution in [1.29, 1.82) is 0 Å². The Bertz CT molecular complexity index is 224. The fourth-order valence-electron chi connectivity index (χ4n) is 1.17. The van der Waals surface area contributed by atoms with Crippen molar-refractivity contribution in [3.8, 4) is 0 Å². The molecule has 15 heavy (non-hydrogen) atoms. The average Bonchev–Trinajstić information content (AvgIpc) is 2.75. The summed E-state index contributed by atoms with van der Waals surface area (Å²) in [5.41, 5.74) is 1.18. The van der Waals surface area contributed by atoms with Crippen LogP contribution in [-0.2, 0) is 16.0 Å². The van der Waals surface area contributed by atoms with E-state index in [1.54, 1.807) is 19.6 Å². The smallest absolute Gasteiger partial charge is 0.0947 e. The van der Waals surface area contributed by atoms with E-state index in [1.807, 2.05) is 6.07 Å². The molecule has 4 heteroatoms. The molecule has 0 atom stereocenters. The second kappa shape index (κ2) is 8.47. The molecule has 1 aromatic rings. The summed E-state index contributed by atoms with van der Waals surface area (Å²) >= 11 is 0. The van der Waals surface area contributed by atoms with Gasteiger partial charge >= 0.3 is 0 Å². The van der Waals surface area contributed by atoms with E-state index in [0.29, 0.717) is 13.2 Å². The summed E-state index contributed by atoms with van der Waals surface area (Å²) < 4.78 is 15.2. The van der Waals surface area contributed by atoms with E-state index >= 15 is 0 Å². The van der Waals surface area contributed by atoms with Gasteiger partial charge in [-0.2, -0.15) is 0 Å². The van der Waals surface area contributed by atoms with Gasteiger partial charge in [-0.3, -0.25) is 0 Å². The van der Waals surface area contributed by atoms with Gasteiger partial charge in [-0.05, 0) is 19.0 Å². The van der Waals surface area contributed by atoms with Gasteiger partial charge in [0.2, 0.25) is 0 Å². The largest absolute Gasteiger partial charge is 0.472 e. The minimum atomic E-state index is 0.669. The molecule has 1 heterocycles. The number of rotatable bonds is 9. The van der Waals surface area contributed by atoms with Crippen molar-refractivity contribution >= 4 is 0 Å². The summed E-state index contributed by atoms with van der Waals surface area (Å²) in [4.78, 5) is 0. The highest BCUT2D eigenvalue weighted by Crippen LogP contribution is 1.98. The predicted octanol–water partition coefficient (Wildman–Crippen LogP) is 1.42. The summed E-state index contributed by atoms with van der Waals surface area (Å²) in [5, 5.41) is 3.31. The zero-order valence-corrected chi connectivity index (χ0v) is 9.20. The Kier molecular flexibility index (Phi) is 6.90. The molecule has 0 saturated heterocycles. The van der Waals surface area contributed by atoms with Gasteiger partial charge in [0.05, 0.1) is 25.7 Å². The lowest BCUT2D eigenvalue weighted by Gasteiger charge is -2.04. The maximum atomic E-state index is 5.33. The number of hydrogen-bond donors (Lipinski definition) is 1. The Balaban J connectivity index is 1.81. The van der Waals surface area contributed by atoms with E-state index in [1.165, 1.54) is 5.56 Å². The monoisotopic (exact) mass is 213 g/mol. The maximum absolute atomic E-state index is 5.33. The molecule has 86 valence electrons. The van der Waals surface area contributed by atoms with E-state index in [9.17, 15) is 0 Å². The standard InChI is InChI=1S/C11H19NO3/c1-13-7-8-14-5-2-4-12-9-11-3-6-15-10-11/h3,6,10,12H,2,4-5,7-9H2,1H3. The first kappa shape index (κ1) is 12.2. The molecule has 1 aromatic heterocycles. The van der Waals surface area contributed by atoms with E-state index in [0.717, 1.165) is 26.1 Å². The summed E-state index contributed by atoms with van der Waals surface area (Å²) in [6, 6.07) is 1.96. The molecule has 0 bridgehead atoms. The van der Waals surface area contributed by atoms with Gasteiger partial charge in [0, 0.05) is 25.8 Å². The molecule has 1 N–H and O–H groups in total. The Morgan fingerprint density at radius 2 is 2.27 bits per heavy atom. The van der Waals surface area contributed by atoms with Crippen LogP contribution in [0, 0.1) is 0 Å². The molecular formula is C11H19NO3. The highest BCUT2D eigenvalue weighted by Gasteiger charge is 1.93. The summed E-state index contributed by atoms with van der Waals surface area (Å²) in [5.74, 6) is 0. The number of ether oxygens (including phenoxy) is 2. The van der Waals surface area contributed by atoms with Crippen LogP contribution in [0.15, 0.2) is 23.0 Å². The average molecular weight is 213 g/mol. The first-order chi connectivity index (χ1) is 7.43. The Labute approximate surface area is 90.6 Å². The van der Waals surface area contributed by atoms with Crippen molar-refractivity contribution in [2.24, 2.45) is 0 Å². The second-order valence-electron chi connectivity index (χ2n) is 3.27. The molecule has 0 aliphatic heterocycles. The SMILES string of the molecule is COCCOCCCNCc1ccoc1. The van der Waals surface area contributed by atoms with E-state index < -0.39 is 0 Å². The molecule has 1 rings (SSSR count). The molecule has 0 aliphatic carbocycles. The quantitative estimate of drug-likeness (QED) is 0.630. The van der Waals surface area contributed by atoms with Crippen LogP contribution in [0.25, 0.3) is 0 Å². The molecule has 0 saturated carbocycles. The highest BCUT2D eigenvalue weighted by atomic mass is 16.5. The van der Waals surface area contributed by atoms with Gasteiger partial charge in [-0.1, -0.05) is 0 Å². The second-order valence-corrected chi connectivity index (χ2v) is 3.27. The van der Waals surface area contributed by atoms with Crippen molar-refractivity contribution in [3.05, 3.63) is 24.2 Å². The van der Waals surface area contributed by atoms with Crippen LogP contribution in [-0.4, -0.2) is 33.5 Å². The number of nitrogens with one attached hydrogen (secondary N) is 1. The minimum absolute atomic E-state index is 0.669. The fourth-order valence-corrected chi connectivity index (χ4v) is 1.17. The summed E-state index contributed by atoms with van der Waals surface area (Å²) in [6.07, 6.45) is 4.45. The molecule has 0 radical (unpaired) electrons. The first-order valence-corrected chi connectivity index (χ1v) is 5.22. The normalized spacial score (nSPS) is 10.7. The predicted molar refractivity (Wildman–Crippen MR) is 57.7 cm³/mol. The van der Waals surface area contributed by atoms with Gasteiger partial charge in [0.25, 0.3) is 0 Å². The van der Waals surface area contributed by atoms with E-state index in [4.69, 9.17) is 13.9 Å². The van der Waals surface area contributed by atoms with Crippen LogP contribution >= 0.6 is 0 Å². The Morgan fingerprint density at radius 3 is 3.00 bits per heavy atom. The topological polar surface area (TPSA) is 43.6 Å². The van der Waals surface area contributed by atoms with Crippen LogP contribution in [0.4, 0.5) is 0 Å². The van der Waals surface area contributed by atoms with Gasteiger partial charge in [0.15, 0.2) is 0 Å². The zero-order valence-electron chi connectivity index (χ0n) is 9.20. The van der Waals surface area contributed by atoms with E-state index in [2.05, 4.69) is 5.32 Å². The van der Waals surface area contributed by atoms with Crippen molar-refractivity contribution in [2.45, 2.75) is 13.0 Å². The maximum Gasteiger partial charge on any atom is 0.0947 e. The first-order valence-electron chi connectivity index (χ1n) is 5.22. The van der Waals surface area contributed by atoms with Crippen LogP contribution < -0.4 is 5.32 Å². The summed E-state index contributed by atoms with van der Waals surface area (Å²) in [7, 11) is 1.68. The van der Waals surface area contributed by atoms with Gasteiger partial charge in [-0.15, -0.1) is 0 Å². The minimum Gasteiger partial charge on any atom is -0.472 e.